The van der Waals surface area contributed by atoms with E-state index in [-0.39, 0.29) is 6.04 Å². The van der Waals surface area contributed by atoms with Crippen molar-refractivity contribution >= 4 is 17.0 Å². The van der Waals surface area contributed by atoms with Crippen molar-refractivity contribution in [1.29, 1.82) is 0 Å². The Kier molecular flexibility index (Phi) is 3.87. The second-order valence-corrected chi connectivity index (χ2v) is 7.79. The smallest absolute Gasteiger partial charge is 0.167 e. The highest BCUT2D eigenvalue weighted by molar-refractivity contribution is 5.83. The van der Waals surface area contributed by atoms with E-state index in [1.54, 1.807) is 17.1 Å². The first kappa shape index (κ1) is 17.8. The summed E-state index contributed by atoms with van der Waals surface area (Å²) in [6.45, 7) is 0. The first-order valence-electron chi connectivity index (χ1n) is 10.2. The van der Waals surface area contributed by atoms with E-state index in [0.29, 0.717) is 17.5 Å². The van der Waals surface area contributed by atoms with E-state index in [4.69, 9.17) is 21.4 Å². The molecule has 8 nitrogen and oxygen atoms in total. The number of benzene rings is 1. The van der Waals surface area contributed by atoms with Crippen LogP contribution in [-0.4, -0.2) is 35.3 Å². The summed E-state index contributed by atoms with van der Waals surface area (Å²) in [5.74, 6) is 1.84. The molecule has 31 heavy (non-hydrogen) atoms. The molecule has 0 saturated heterocycles. The van der Waals surface area contributed by atoms with Gasteiger partial charge in [0.05, 0.1) is 5.56 Å². The Bertz CT molecular complexity index is 1420. The van der Waals surface area contributed by atoms with Gasteiger partial charge < -0.3 is 11.5 Å². The van der Waals surface area contributed by atoms with Gasteiger partial charge in [0.25, 0.3) is 0 Å². The SMILES string of the molecule is Nc1ncccc1-c1nc2ccc(-n3cccn3)nc2n1-c1ccc2c(c1)C[C@@H](N)C2. The fourth-order valence-electron chi connectivity index (χ4n) is 4.29. The highest BCUT2D eigenvalue weighted by Crippen LogP contribution is 2.32. The summed E-state index contributed by atoms with van der Waals surface area (Å²) in [6, 6.07) is 16.1. The topological polar surface area (TPSA) is 113 Å². The molecule has 4 heterocycles. The van der Waals surface area contributed by atoms with Crippen LogP contribution < -0.4 is 11.5 Å². The molecular weight excluding hydrogens is 388 g/mol. The van der Waals surface area contributed by atoms with E-state index in [0.717, 1.165) is 35.3 Å². The Morgan fingerprint density at radius 2 is 1.84 bits per heavy atom. The highest BCUT2D eigenvalue weighted by Gasteiger charge is 2.22. The average molecular weight is 408 g/mol. The van der Waals surface area contributed by atoms with Crippen LogP contribution in [0, 0.1) is 0 Å². The Morgan fingerprint density at radius 1 is 0.935 bits per heavy atom. The van der Waals surface area contributed by atoms with Gasteiger partial charge in [-0.2, -0.15) is 5.10 Å². The lowest BCUT2D eigenvalue weighted by Gasteiger charge is -2.12. The van der Waals surface area contributed by atoms with Crippen molar-refractivity contribution in [1.82, 2.24) is 29.3 Å². The van der Waals surface area contributed by atoms with E-state index in [1.165, 1.54) is 11.1 Å². The molecule has 152 valence electrons. The first-order valence-corrected chi connectivity index (χ1v) is 10.2. The number of nitrogens with zero attached hydrogens (tertiary/aromatic N) is 6. The normalized spacial score (nSPS) is 15.5. The van der Waals surface area contributed by atoms with Crippen molar-refractivity contribution in [2.24, 2.45) is 5.73 Å². The van der Waals surface area contributed by atoms with Gasteiger partial charge in [-0.15, -0.1) is 0 Å². The maximum Gasteiger partial charge on any atom is 0.167 e. The monoisotopic (exact) mass is 408 g/mol. The van der Waals surface area contributed by atoms with Crippen molar-refractivity contribution in [3.05, 3.63) is 78.2 Å². The Labute approximate surface area is 178 Å². The number of anilines is 1. The number of hydrogen-bond acceptors (Lipinski definition) is 6. The molecule has 0 amide bonds. The summed E-state index contributed by atoms with van der Waals surface area (Å²) in [5.41, 5.74) is 18.2. The maximum absolute atomic E-state index is 6.22. The second kappa shape index (κ2) is 6.75. The van der Waals surface area contributed by atoms with Gasteiger partial charge >= 0.3 is 0 Å². The molecule has 1 atom stereocenters. The molecule has 6 rings (SSSR count). The van der Waals surface area contributed by atoms with E-state index in [2.05, 4.69) is 28.3 Å². The van der Waals surface area contributed by atoms with Gasteiger partial charge in [0.15, 0.2) is 17.3 Å². The van der Waals surface area contributed by atoms with Gasteiger partial charge in [-0.1, -0.05) is 6.07 Å². The van der Waals surface area contributed by atoms with Gasteiger partial charge in [-0.25, -0.2) is 19.6 Å². The number of nitrogen functional groups attached to an aromatic ring is 1. The molecule has 0 unspecified atom stereocenters. The number of pyridine rings is 2. The van der Waals surface area contributed by atoms with Crippen LogP contribution in [0.3, 0.4) is 0 Å². The van der Waals surface area contributed by atoms with Crippen LogP contribution in [0.4, 0.5) is 5.82 Å². The molecule has 1 aliphatic carbocycles. The first-order chi connectivity index (χ1) is 15.2. The molecule has 5 aromatic rings. The van der Waals surface area contributed by atoms with Crippen LogP contribution in [0.2, 0.25) is 0 Å². The van der Waals surface area contributed by atoms with E-state index < -0.39 is 0 Å². The number of aromatic nitrogens is 6. The number of imidazole rings is 1. The zero-order chi connectivity index (χ0) is 20.9. The zero-order valence-electron chi connectivity index (χ0n) is 16.7. The zero-order valence-corrected chi connectivity index (χ0v) is 16.7. The molecule has 0 radical (unpaired) electrons. The van der Waals surface area contributed by atoms with Gasteiger partial charge in [0, 0.05) is 30.3 Å². The lowest BCUT2D eigenvalue weighted by molar-refractivity contribution is 0.721. The summed E-state index contributed by atoms with van der Waals surface area (Å²) in [5, 5.41) is 4.31. The predicted octanol–water partition coefficient (Wildman–Crippen LogP) is 2.68. The van der Waals surface area contributed by atoms with Crippen molar-refractivity contribution in [3.8, 4) is 22.9 Å². The lowest BCUT2D eigenvalue weighted by Crippen LogP contribution is -2.18. The van der Waals surface area contributed by atoms with Crippen molar-refractivity contribution in [2.75, 3.05) is 5.73 Å². The third-order valence-electron chi connectivity index (χ3n) is 5.72. The Hall–Kier alpha value is -4.04. The summed E-state index contributed by atoms with van der Waals surface area (Å²) in [6.07, 6.45) is 7.05. The third kappa shape index (κ3) is 2.88. The number of nitrogens with two attached hydrogens (primary N) is 2. The van der Waals surface area contributed by atoms with Gasteiger partial charge in [0.1, 0.15) is 11.3 Å². The quantitative estimate of drug-likeness (QED) is 0.474. The molecule has 8 heteroatoms. The fourth-order valence-corrected chi connectivity index (χ4v) is 4.29. The van der Waals surface area contributed by atoms with Gasteiger partial charge in [0.2, 0.25) is 0 Å². The van der Waals surface area contributed by atoms with Crippen LogP contribution in [0.1, 0.15) is 11.1 Å². The fraction of sp³-hybridized carbons (Fsp3) is 0.130. The van der Waals surface area contributed by atoms with Gasteiger partial charge in [-0.05, 0) is 66.4 Å². The van der Waals surface area contributed by atoms with E-state index in [1.807, 2.05) is 41.1 Å². The minimum absolute atomic E-state index is 0.169. The van der Waals surface area contributed by atoms with Crippen LogP contribution in [0.5, 0.6) is 0 Å². The minimum atomic E-state index is 0.169. The van der Waals surface area contributed by atoms with Crippen molar-refractivity contribution in [3.63, 3.8) is 0 Å². The highest BCUT2D eigenvalue weighted by atomic mass is 15.3. The van der Waals surface area contributed by atoms with E-state index >= 15 is 0 Å². The molecular formula is C23H20N8. The van der Waals surface area contributed by atoms with Crippen LogP contribution in [0.25, 0.3) is 34.1 Å². The predicted molar refractivity (Wildman–Crippen MR) is 119 cm³/mol. The van der Waals surface area contributed by atoms with Gasteiger partial charge in [-0.3, -0.25) is 4.57 Å². The molecule has 0 bridgehead atoms. The summed E-state index contributed by atoms with van der Waals surface area (Å²) in [7, 11) is 0. The van der Waals surface area contributed by atoms with Crippen molar-refractivity contribution in [2.45, 2.75) is 18.9 Å². The minimum Gasteiger partial charge on any atom is -0.383 e. The summed E-state index contributed by atoms with van der Waals surface area (Å²) >= 11 is 0. The van der Waals surface area contributed by atoms with Crippen LogP contribution >= 0.6 is 0 Å². The number of fused-ring (bicyclic) bond motifs is 2. The Morgan fingerprint density at radius 3 is 2.68 bits per heavy atom. The molecule has 1 aliphatic rings. The third-order valence-corrected chi connectivity index (χ3v) is 5.72. The number of rotatable bonds is 3. The molecule has 1 aromatic carbocycles. The van der Waals surface area contributed by atoms with E-state index in [9.17, 15) is 0 Å². The number of hydrogen-bond donors (Lipinski definition) is 2. The van der Waals surface area contributed by atoms with Crippen molar-refractivity contribution < 1.29 is 0 Å². The second-order valence-electron chi connectivity index (χ2n) is 7.79. The largest absolute Gasteiger partial charge is 0.383 e. The molecule has 4 aromatic heterocycles. The summed E-state index contributed by atoms with van der Waals surface area (Å²) < 4.78 is 3.77. The molecule has 0 saturated carbocycles. The molecule has 0 fully saturated rings. The average Bonchev–Trinajstić information content (AvgIpc) is 3.50. The standard InChI is InChI=1S/C23H20N8/c24-16-11-14-4-5-17(13-15(14)12-16)31-22(18-3-1-8-26-21(18)25)28-19-6-7-20(29-23(19)31)30-10-2-9-27-30/h1-10,13,16H,11-12,24H2,(H2,25,26)/t16-/m0/s1. The lowest BCUT2D eigenvalue weighted by atomic mass is 10.1. The molecule has 4 N–H and O–H groups in total. The molecule has 0 spiro atoms. The maximum atomic E-state index is 6.22. The molecule has 0 aliphatic heterocycles. The van der Waals surface area contributed by atoms with Crippen LogP contribution in [-0.2, 0) is 12.8 Å². The Balaban J connectivity index is 1.63. The summed E-state index contributed by atoms with van der Waals surface area (Å²) in [4.78, 5) is 14.0. The van der Waals surface area contributed by atoms with Crippen LogP contribution in [0.15, 0.2) is 67.1 Å².